The Morgan fingerprint density at radius 3 is 2.70 bits per heavy atom. The molecule has 0 unspecified atom stereocenters. The van der Waals surface area contributed by atoms with Gasteiger partial charge in [0.25, 0.3) is 0 Å². The summed E-state index contributed by atoms with van der Waals surface area (Å²) in [6, 6.07) is 15.9. The van der Waals surface area contributed by atoms with Crippen molar-refractivity contribution in [2.24, 2.45) is 0 Å². The van der Waals surface area contributed by atoms with E-state index in [1.54, 1.807) is 16.8 Å². The summed E-state index contributed by atoms with van der Waals surface area (Å²) in [7, 11) is 0. The first kappa shape index (κ1) is 14.9. The van der Waals surface area contributed by atoms with Gasteiger partial charge in [0.05, 0.1) is 5.69 Å². The molecule has 0 aliphatic heterocycles. The van der Waals surface area contributed by atoms with Crippen LogP contribution in [0.3, 0.4) is 0 Å². The molecule has 3 rings (SSSR count). The van der Waals surface area contributed by atoms with Crippen molar-refractivity contribution in [3.8, 4) is 11.4 Å². The highest BCUT2D eigenvalue weighted by molar-refractivity contribution is 5.39. The maximum absolute atomic E-state index is 12.2. The molecule has 6 nitrogen and oxygen atoms in total. The molecular formula is C15H13F2N5O. The Morgan fingerprint density at radius 2 is 1.91 bits per heavy atom. The number of nitrogens with zero attached hydrogens (tertiary/aromatic N) is 4. The Bertz CT molecular complexity index is 763. The quantitative estimate of drug-likeness (QED) is 0.757. The van der Waals surface area contributed by atoms with Gasteiger partial charge in [0.15, 0.2) is 0 Å². The van der Waals surface area contributed by atoms with Gasteiger partial charge >= 0.3 is 6.61 Å². The van der Waals surface area contributed by atoms with Crippen LogP contribution in [0.15, 0.2) is 54.6 Å². The lowest BCUT2D eigenvalue weighted by molar-refractivity contribution is -0.0498. The highest BCUT2D eigenvalue weighted by Crippen LogP contribution is 2.17. The third kappa shape index (κ3) is 3.79. The van der Waals surface area contributed by atoms with Gasteiger partial charge in [-0.3, -0.25) is 0 Å². The van der Waals surface area contributed by atoms with Gasteiger partial charge in [-0.15, -0.1) is 0 Å². The van der Waals surface area contributed by atoms with Gasteiger partial charge in [0.1, 0.15) is 5.75 Å². The number of aromatic nitrogens is 4. The topological polar surface area (TPSA) is 64.9 Å². The molecule has 23 heavy (non-hydrogen) atoms. The number of para-hydroxylation sites is 1. The summed E-state index contributed by atoms with van der Waals surface area (Å²) in [5.41, 5.74) is 1.58. The predicted octanol–water partition coefficient (Wildman–Crippen LogP) is 2.88. The molecule has 2 aromatic carbocycles. The number of nitrogens with one attached hydrogen (secondary N) is 1. The van der Waals surface area contributed by atoms with Crippen LogP contribution in [0.2, 0.25) is 0 Å². The van der Waals surface area contributed by atoms with Gasteiger partial charge in [0, 0.05) is 6.54 Å². The van der Waals surface area contributed by atoms with Crippen molar-refractivity contribution in [3.63, 3.8) is 0 Å². The lowest BCUT2D eigenvalue weighted by Crippen LogP contribution is -2.08. The van der Waals surface area contributed by atoms with E-state index in [2.05, 4.69) is 25.6 Å². The average Bonchev–Trinajstić information content (AvgIpc) is 3.02. The SMILES string of the molecule is FC(F)Oc1cccc(CNc2nnnn2-c2ccccc2)c1. The molecule has 0 atom stereocenters. The van der Waals surface area contributed by atoms with Crippen LogP contribution >= 0.6 is 0 Å². The summed E-state index contributed by atoms with van der Waals surface area (Å²) in [5, 5.41) is 14.6. The second-order valence-electron chi connectivity index (χ2n) is 4.63. The summed E-state index contributed by atoms with van der Waals surface area (Å²) in [6.45, 7) is -2.48. The maximum atomic E-state index is 12.2. The number of alkyl halides is 2. The molecule has 1 heterocycles. The summed E-state index contributed by atoms with van der Waals surface area (Å²) < 4.78 is 30.4. The number of ether oxygens (including phenoxy) is 1. The highest BCUT2D eigenvalue weighted by atomic mass is 19.3. The normalized spacial score (nSPS) is 10.7. The Hall–Kier alpha value is -3.03. The Balaban J connectivity index is 1.71. The molecule has 1 N–H and O–H groups in total. The number of halogens is 2. The van der Waals surface area contributed by atoms with Gasteiger partial charge in [-0.05, 0) is 40.3 Å². The van der Waals surface area contributed by atoms with Crippen LogP contribution in [0.25, 0.3) is 5.69 Å². The van der Waals surface area contributed by atoms with Crippen molar-refractivity contribution in [2.75, 3.05) is 5.32 Å². The van der Waals surface area contributed by atoms with Gasteiger partial charge in [0.2, 0.25) is 5.95 Å². The van der Waals surface area contributed by atoms with Crippen LogP contribution in [0.1, 0.15) is 5.56 Å². The fraction of sp³-hybridized carbons (Fsp3) is 0.133. The van der Waals surface area contributed by atoms with Crippen LogP contribution in [0.5, 0.6) is 5.75 Å². The number of hydrogen-bond donors (Lipinski definition) is 1. The number of benzene rings is 2. The number of tetrazole rings is 1. The summed E-state index contributed by atoms with van der Waals surface area (Å²) in [6.07, 6.45) is 0. The van der Waals surface area contributed by atoms with Crippen LogP contribution in [0, 0.1) is 0 Å². The minimum Gasteiger partial charge on any atom is -0.435 e. The summed E-state index contributed by atoms with van der Waals surface area (Å²) in [4.78, 5) is 0. The number of hydrogen-bond acceptors (Lipinski definition) is 5. The predicted molar refractivity (Wildman–Crippen MR) is 79.6 cm³/mol. The second kappa shape index (κ2) is 6.82. The Kier molecular flexibility index (Phi) is 4.41. The second-order valence-corrected chi connectivity index (χ2v) is 4.63. The third-order valence-electron chi connectivity index (χ3n) is 3.04. The minimum atomic E-state index is -2.84. The van der Waals surface area contributed by atoms with E-state index in [0.717, 1.165) is 11.3 Å². The minimum absolute atomic E-state index is 0.113. The standard InChI is InChI=1S/C15H13F2N5O/c16-14(17)23-13-8-4-5-11(9-13)10-18-15-19-20-21-22(15)12-6-2-1-3-7-12/h1-9,14H,10H2,(H,18,19,21). The van der Waals surface area contributed by atoms with E-state index in [1.165, 1.54) is 12.1 Å². The lowest BCUT2D eigenvalue weighted by Gasteiger charge is -2.09. The molecule has 0 saturated carbocycles. The fourth-order valence-electron chi connectivity index (χ4n) is 2.05. The van der Waals surface area contributed by atoms with E-state index in [0.29, 0.717) is 12.5 Å². The molecule has 0 fully saturated rings. The molecule has 0 saturated heterocycles. The summed E-state index contributed by atoms with van der Waals surface area (Å²) in [5.74, 6) is 0.568. The van der Waals surface area contributed by atoms with Crippen molar-refractivity contribution < 1.29 is 13.5 Å². The zero-order valence-electron chi connectivity index (χ0n) is 11.9. The Labute approximate surface area is 130 Å². The third-order valence-corrected chi connectivity index (χ3v) is 3.04. The van der Waals surface area contributed by atoms with E-state index < -0.39 is 6.61 Å². The van der Waals surface area contributed by atoms with Crippen molar-refractivity contribution in [1.82, 2.24) is 20.2 Å². The van der Waals surface area contributed by atoms with Crippen molar-refractivity contribution >= 4 is 5.95 Å². The van der Waals surface area contributed by atoms with Crippen LogP contribution in [0.4, 0.5) is 14.7 Å². The molecular weight excluding hydrogens is 304 g/mol. The highest BCUT2D eigenvalue weighted by Gasteiger charge is 2.08. The first-order chi connectivity index (χ1) is 11.2. The summed E-state index contributed by atoms with van der Waals surface area (Å²) >= 11 is 0. The van der Waals surface area contributed by atoms with E-state index in [9.17, 15) is 8.78 Å². The van der Waals surface area contributed by atoms with Gasteiger partial charge in [-0.1, -0.05) is 35.4 Å². The molecule has 3 aromatic rings. The molecule has 0 aliphatic carbocycles. The lowest BCUT2D eigenvalue weighted by atomic mass is 10.2. The largest absolute Gasteiger partial charge is 0.435 e. The fourth-order valence-corrected chi connectivity index (χ4v) is 2.05. The van der Waals surface area contributed by atoms with Gasteiger partial charge < -0.3 is 10.1 Å². The van der Waals surface area contributed by atoms with Crippen molar-refractivity contribution in [1.29, 1.82) is 0 Å². The molecule has 0 aliphatic rings. The van der Waals surface area contributed by atoms with E-state index >= 15 is 0 Å². The zero-order chi connectivity index (χ0) is 16.1. The van der Waals surface area contributed by atoms with E-state index in [1.807, 2.05) is 30.3 Å². The maximum Gasteiger partial charge on any atom is 0.387 e. The number of rotatable bonds is 6. The van der Waals surface area contributed by atoms with E-state index in [4.69, 9.17) is 0 Å². The van der Waals surface area contributed by atoms with Crippen molar-refractivity contribution in [2.45, 2.75) is 13.2 Å². The molecule has 118 valence electrons. The monoisotopic (exact) mass is 317 g/mol. The zero-order valence-corrected chi connectivity index (χ0v) is 11.9. The molecule has 0 bridgehead atoms. The van der Waals surface area contributed by atoms with E-state index in [-0.39, 0.29) is 5.75 Å². The first-order valence-electron chi connectivity index (χ1n) is 6.84. The molecule has 0 spiro atoms. The molecule has 8 heteroatoms. The molecule has 0 radical (unpaired) electrons. The van der Waals surface area contributed by atoms with Crippen LogP contribution in [-0.2, 0) is 6.54 Å². The van der Waals surface area contributed by atoms with Crippen LogP contribution in [-0.4, -0.2) is 26.8 Å². The number of anilines is 1. The smallest absolute Gasteiger partial charge is 0.387 e. The molecule has 1 aromatic heterocycles. The molecule has 0 amide bonds. The van der Waals surface area contributed by atoms with Gasteiger partial charge in [-0.25, -0.2) is 0 Å². The first-order valence-corrected chi connectivity index (χ1v) is 6.84. The Morgan fingerprint density at radius 1 is 1.09 bits per heavy atom. The van der Waals surface area contributed by atoms with Crippen LogP contribution < -0.4 is 10.1 Å². The van der Waals surface area contributed by atoms with Gasteiger partial charge in [-0.2, -0.15) is 13.5 Å². The average molecular weight is 317 g/mol. The van der Waals surface area contributed by atoms with Crippen molar-refractivity contribution in [3.05, 3.63) is 60.2 Å².